The third kappa shape index (κ3) is 2.46. The molecule has 0 saturated heterocycles. The summed E-state index contributed by atoms with van der Waals surface area (Å²) in [7, 11) is 0. The number of hydrogen-bond donors (Lipinski definition) is 0. The molecule has 1 aromatic rings. The zero-order valence-corrected chi connectivity index (χ0v) is 7.45. The van der Waals surface area contributed by atoms with E-state index in [9.17, 15) is 4.91 Å². The maximum atomic E-state index is 10.4. The molecular weight excluding hydrogens is 150 g/mol. The topological polar surface area (TPSA) is 29.4 Å². The van der Waals surface area contributed by atoms with Gasteiger partial charge in [0.1, 0.15) is 5.54 Å². The molecule has 64 valence electrons. The molecule has 0 amide bonds. The van der Waals surface area contributed by atoms with Gasteiger partial charge in [0.05, 0.1) is 0 Å². The van der Waals surface area contributed by atoms with Crippen molar-refractivity contribution in [2.75, 3.05) is 0 Å². The Hall–Kier alpha value is -1.18. The smallest absolute Gasteiger partial charge is 0.101 e. The Kier molecular flexibility index (Phi) is 2.58. The average molecular weight is 163 g/mol. The molecule has 2 nitrogen and oxygen atoms in total. The van der Waals surface area contributed by atoms with Gasteiger partial charge in [-0.05, 0) is 19.4 Å². The second-order valence-corrected chi connectivity index (χ2v) is 3.57. The normalized spacial score (nSPS) is 11.2. The lowest BCUT2D eigenvalue weighted by Crippen LogP contribution is -2.18. The molecule has 0 N–H and O–H groups in total. The Bertz CT molecular complexity index is 254. The molecule has 0 spiro atoms. The van der Waals surface area contributed by atoms with Gasteiger partial charge in [-0.15, -0.1) is 0 Å². The lowest BCUT2D eigenvalue weighted by Gasteiger charge is -2.14. The van der Waals surface area contributed by atoms with Gasteiger partial charge in [0.15, 0.2) is 0 Å². The van der Waals surface area contributed by atoms with E-state index in [1.165, 1.54) is 0 Å². The van der Waals surface area contributed by atoms with Gasteiger partial charge < -0.3 is 0 Å². The number of nitrogens with zero attached hydrogens (tertiary/aromatic N) is 1. The first-order valence-electron chi connectivity index (χ1n) is 4.02. The van der Waals surface area contributed by atoms with Crippen LogP contribution in [0.5, 0.6) is 0 Å². The molecule has 0 unspecified atom stereocenters. The van der Waals surface area contributed by atoms with E-state index >= 15 is 0 Å². The molecule has 0 fully saturated rings. The van der Waals surface area contributed by atoms with Crippen LogP contribution in [0.25, 0.3) is 0 Å². The van der Waals surface area contributed by atoms with Crippen molar-refractivity contribution in [3.63, 3.8) is 0 Å². The SMILES string of the molecule is CC(C)(Cc1ccccc1)N=O. The first-order valence-corrected chi connectivity index (χ1v) is 4.02. The highest BCUT2D eigenvalue weighted by Crippen LogP contribution is 2.15. The summed E-state index contributed by atoms with van der Waals surface area (Å²) in [6.45, 7) is 3.68. The van der Waals surface area contributed by atoms with Gasteiger partial charge in [-0.1, -0.05) is 35.5 Å². The summed E-state index contributed by atoms with van der Waals surface area (Å²) in [6, 6.07) is 9.91. The van der Waals surface area contributed by atoms with Crippen molar-refractivity contribution in [2.45, 2.75) is 25.8 Å². The van der Waals surface area contributed by atoms with Crippen LogP contribution in [0.1, 0.15) is 19.4 Å². The third-order valence-corrected chi connectivity index (χ3v) is 1.73. The van der Waals surface area contributed by atoms with Crippen molar-refractivity contribution < 1.29 is 0 Å². The first kappa shape index (κ1) is 8.91. The zero-order chi connectivity index (χ0) is 9.03. The highest BCUT2D eigenvalue weighted by molar-refractivity contribution is 5.17. The summed E-state index contributed by atoms with van der Waals surface area (Å²) in [6.07, 6.45) is 0.706. The van der Waals surface area contributed by atoms with E-state index in [0.717, 1.165) is 5.56 Å². The molecular formula is C10H13NO. The fourth-order valence-corrected chi connectivity index (χ4v) is 1.13. The number of rotatable bonds is 3. The highest BCUT2D eigenvalue weighted by atomic mass is 16.3. The highest BCUT2D eigenvalue weighted by Gasteiger charge is 2.18. The van der Waals surface area contributed by atoms with Gasteiger partial charge in [0.25, 0.3) is 0 Å². The molecule has 12 heavy (non-hydrogen) atoms. The molecule has 0 saturated carbocycles. The third-order valence-electron chi connectivity index (χ3n) is 1.73. The molecule has 2 heteroatoms. The van der Waals surface area contributed by atoms with Crippen molar-refractivity contribution in [1.29, 1.82) is 0 Å². The van der Waals surface area contributed by atoms with Crippen molar-refractivity contribution in [3.8, 4) is 0 Å². The molecule has 0 heterocycles. The number of hydrogen-bond acceptors (Lipinski definition) is 2. The first-order chi connectivity index (χ1) is 5.64. The second-order valence-electron chi connectivity index (χ2n) is 3.57. The second kappa shape index (κ2) is 3.48. The van der Waals surface area contributed by atoms with E-state index in [2.05, 4.69) is 5.18 Å². The summed E-state index contributed by atoms with van der Waals surface area (Å²) >= 11 is 0. The summed E-state index contributed by atoms with van der Waals surface area (Å²) in [5.74, 6) is 0. The van der Waals surface area contributed by atoms with Crippen LogP contribution in [0.4, 0.5) is 0 Å². The van der Waals surface area contributed by atoms with Crippen LogP contribution >= 0.6 is 0 Å². The summed E-state index contributed by atoms with van der Waals surface area (Å²) in [5.41, 5.74) is 0.670. The molecule has 0 atom stereocenters. The predicted molar refractivity (Wildman–Crippen MR) is 50.0 cm³/mol. The van der Waals surface area contributed by atoms with Gasteiger partial charge in [0.2, 0.25) is 0 Å². The average Bonchev–Trinajstić information content (AvgIpc) is 2.06. The molecule has 0 aliphatic carbocycles. The number of benzene rings is 1. The fraction of sp³-hybridized carbons (Fsp3) is 0.400. The van der Waals surface area contributed by atoms with Crippen molar-refractivity contribution in [1.82, 2.24) is 0 Å². The Morgan fingerprint density at radius 3 is 2.33 bits per heavy atom. The van der Waals surface area contributed by atoms with Gasteiger partial charge in [0, 0.05) is 6.42 Å². The number of nitroso groups, excluding NO2 is 1. The monoisotopic (exact) mass is 163 g/mol. The predicted octanol–water partition coefficient (Wildman–Crippen LogP) is 2.77. The van der Waals surface area contributed by atoms with Crippen LogP contribution < -0.4 is 0 Å². The maximum absolute atomic E-state index is 10.4. The Morgan fingerprint density at radius 1 is 1.25 bits per heavy atom. The van der Waals surface area contributed by atoms with Gasteiger partial charge in [-0.3, -0.25) is 0 Å². The lowest BCUT2D eigenvalue weighted by atomic mass is 9.96. The quantitative estimate of drug-likeness (QED) is 0.630. The minimum absolute atomic E-state index is 0.485. The maximum Gasteiger partial charge on any atom is 0.101 e. The van der Waals surface area contributed by atoms with Crippen LogP contribution in [0.2, 0.25) is 0 Å². The van der Waals surface area contributed by atoms with Crippen LogP contribution in [-0.2, 0) is 6.42 Å². The minimum atomic E-state index is -0.485. The van der Waals surface area contributed by atoms with Crippen molar-refractivity contribution in [2.24, 2.45) is 5.18 Å². The molecule has 1 rings (SSSR count). The summed E-state index contributed by atoms with van der Waals surface area (Å²) in [5, 5.41) is 3.07. The van der Waals surface area contributed by atoms with E-state index in [1.807, 2.05) is 44.2 Å². The van der Waals surface area contributed by atoms with E-state index in [-0.39, 0.29) is 0 Å². The molecule has 0 aliphatic heterocycles. The van der Waals surface area contributed by atoms with Crippen molar-refractivity contribution in [3.05, 3.63) is 40.8 Å². The largest absolute Gasteiger partial charge is 0.150 e. The summed E-state index contributed by atoms with van der Waals surface area (Å²) in [4.78, 5) is 10.4. The Morgan fingerprint density at radius 2 is 1.83 bits per heavy atom. The molecule has 0 bridgehead atoms. The molecule has 0 aliphatic rings. The Labute approximate surface area is 72.6 Å². The standard InChI is InChI=1S/C10H13NO/c1-10(2,11-12)8-9-6-4-3-5-7-9/h3-7H,8H2,1-2H3. The van der Waals surface area contributed by atoms with E-state index in [4.69, 9.17) is 0 Å². The Balaban J connectivity index is 2.70. The van der Waals surface area contributed by atoms with Crippen LogP contribution in [0, 0.1) is 4.91 Å². The molecule has 0 aromatic heterocycles. The van der Waals surface area contributed by atoms with E-state index < -0.39 is 5.54 Å². The van der Waals surface area contributed by atoms with Gasteiger partial charge in [-0.25, -0.2) is 0 Å². The molecule has 0 radical (unpaired) electrons. The minimum Gasteiger partial charge on any atom is -0.150 e. The zero-order valence-electron chi connectivity index (χ0n) is 7.45. The molecule has 1 aromatic carbocycles. The van der Waals surface area contributed by atoms with Crippen molar-refractivity contribution >= 4 is 0 Å². The van der Waals surface area contributed by atoms with Crippen LogP contribution in [0.15, 0.2) is 35.5 Å². The fourth-order valence-electron chi connectivity index (χ4n) is 1.13. The van der Waals surface area contributed by atoms with E-state index in [0.29, 0.717) is 6.42 Å². The van der Waals surface area contributed by atoms with Gasteiger partial charge >= 0.3 is 0 Å². The lowest BCUT2D eigenvalue weighted by molar-refractivity contribution is 0.515. The van der Waals surface area contributed by atoms with Crippen LogP contribution in [0.3, 0.4) is 0 Å². The van der Waals surface area contributed by atoms with Gasteiger partial charge in [-0.2, -0.15) is 4.91 Å². The van der Waals surface area contributed by atoms with Crippen LogP contribution in [-0.4, -0.2) is 5.54 Å². The summed E-state index contributed by atoms with van der Waals surface area (Å²) < 4.78 is 0. The van der Waals surface area contributed by atoms with E-state index in [1.54, 1.807) is 0 Å².